The highest BCUT2D eigenvalue weighted by atomic mass is 16.5. The predicted octanol–water partition coefficient (Wildman–Crippen LogP) is 2.89. The zero-order valence-electron chi connectivity index (χ0n) is 19.1. The summed E-state index contributed by atoms with van der Waals surface area (Å²) in [4.78, 5) is 36.5. The molecule has 0 spiro atoms. The van der Waals surface area contributed by atoms with Crippen molar-refractivity contribution in [1.29, 1.82) is 0 Å². The number of benzene rings is 2. The molecule has 8 nitrogen and oxygen atoms in total. The van der Waals surface area contributed by atoms with Gasteiger partial charge in [0.15, 0.2) is 5.54 Å². The average molecular weight is 467 g/mol. The molecule has 1 saturated carbocycles. The van der Waals surface area contributed by atoms with E-state index in [1.165, 1.54) is 6.92 Å². The van der Waals surface area contributed by atoms with Crippen LogP contribution in [0.3, 0.4) is 0 Å². The normalized spacial score (nSPS) is 20.6. The number of fused-ring (bicyclic) bond motifs is 3. The van der Waals surface area contributed by atoms with Gasteiger partial charge in [-0.1, -0.05) is 55.0 Å². The van der Waals surface area contributed by atoms with E-state index in [0.29, 0.717) is 6.42 Å². The minimum Gasteiger partial charge on any atom is -0.479 e. The molecule has 0 heterocycles. The van der Waals surface area contributed by atoms with Crippen molar-refractivity contribution in [2.45, 2.75) is 37.6 Å². The fourth-order valence-corrected chi connectivity index (χ4v) is 5.02. The SMILES string of the molecule is CC(CO)(NC(=O)[C@@H]1CCC[C@@H]1CNC(=O)OCC1c2ccccc2-c2ccccc21)C(=O)O. The lowest BCUT2D eigenvalue weighted by molar-refractivity contribution is -0.149. The van der Waals surface area contributed by atoms with E-state index in [1.807, 2.05) is 24.3 Å². The lowest BCUT2D eigenvalue weighted by atomic mass is 9.93. The van der Waals surface area contributed by atoms with Gasteiger partial charge in [-0.25, -0.2) is 9.59 Å². The Morgan fingerprint density at radius 3 is 2.24 bits per heavy atom. The number of hydrogen-bond acceptors (Lipinski definition) is 5. The lowest BCUT2D eigenvalue weighted by Crippen LogP contribution is -2.56. The fraction of sp³-hybridized carbons (Fsp3) is 0.423. The summed E-state index contributed by atoms with van der Waals surface area (Å²) in [6.45, 7) is 1.04. The quantitative estimate of drug-likeness (QED) is 0.474. The summed E-state index contributed by atoms with van der Waals surface area (Å²) in [7, 11) is 0. The van der Waals surface area contributed by atoms with Crippen molar-refractivity contribution in [3.8, 4) is 11.1 Å². The Labute approximate surface area is 198 Å². The van der Waals surface area contributed by atoms with Crippen LogP contribution in [0, 0.1) is 11.8 Å². The number of aliphatic carboxylic acids is 1. The number of carboxylic acid groups (broad SMARTS) is 1. The third-order valence-corrected chi connectivity index (χ3v) is 7.04. The molecule has 2 aliphatic carbocycles. The molecule has 2 aliphatic rings. The van der Waals surface area contributed by atoms with Gasteiger partial charge >= 0.3 is 12.1 Å². The highest BCUT2D eigenvalue weighted by Crippen LogP contribution is 2.44. The highest BCUT2D eigenvalue weighted by Gasteiger charge is 2.40. The number of alkyl carbamates (subject to hydrolysis) is 1. The van der Waals surface area contributed by atoms with E-state index < -0.39 is 36.0 Å². The van der Waals surface area contributed by atoms with Gasteiger partial charge in [0, 0.05) is 18.4 Å². The van der Waals surface area contributed by atoms with Crippen LogP contribution in [0.5, 0.6) is 0 Å². The maximum atomic E-state index is 12.7. The van der Waals surface area contributed by atoms with Crippen molar-refractivity contribution in [1.82, 2.24) is 10.6 Å². The molecular formula is C26H30N2O6. The van der Waals surface area contributed by atoms with Gasteiger partial charge in [-0.3, -0.25) is 4.79 Å². The molecule has 2 amide bonds. The van der Waals surface area contributed by atoms with Gasteiger partial charge in [0.2, 0.25) is 5.91 Å². The number of carbonyl (C=O) groups excluding carboxylic acids is 2. The van der Waals surface area contributed by atoms with Crippen molar-refractivity contribution in [3.05, 3.63) is 59.7 Å². The van der Waals surface area contributed by atoms with Crippen molar-refractivity contribution in [2.24, 2.45) is 11.8 Å². The predicted molar refractivity (Wildman–Crippen MR) is 125 cm³/mol. The Hall–Kier alpha value is -3.39. The molecule has 0 saturated heterocycles. The summed E-state index contributed by atoms with van der Waals surface area (Å²) in [5.74, 6) is -2.31. The van der Waals surface area contributed by atoms with E-state index in [-0.39, 0.29) is 25.0 Å². The van der Waals surface area contributed by atoms with Crippen molar-refractivity contribution in [2.75, 3.05) is 19.8 Å². The van der Waals surface area contributed by atoms with Gasteiger partial charge in [-0.05, 0) is 47.9 Å². The molecule has 0 radical (unpaired) electrons. The second-order valence-electron chi connectivity index (χ2n) is 9.29. The summed E-state index contributed by atoms with van der Waals surface area (Å²) in [6, 6.07) is 16.2. The number of hydrogen-bond donors (Lipinski definition) is 4. The van der Waals surface area contributed by atoms with Crippen LogP contribution in [-0.4, -0.2) is 53.5 Å². The summed E-state index contributed by atoms with van der Waals surface area (Å²) in [5.41, 5.74) is 2.85. The first-order valence-electron chi connectivity index (χ1n) is 11.6. The van der Waals surface area contributed by atoms with E-state index in [9.17, 15) is 24.6 Å². The number of rotatable bonds is 8. The zero-order chi connectivity index (χ0) is 24.3. The first-order chi connectivity index (χ1) is 16.3. The topological polar surface area (TPSA) is 125 Å². The van der Waals surface area contributed by atoms with Gasteiger partial charge in [0.25, 0.3) is 0 Å². The lowest BCUT2D eigenvalue weighted by Gasteiger charge is -2.27. The molecule has 0 aromatic heterocycles. The van der Waals surface area contributed by atoms with Crippen molar-refractivity contribution < 1.29 is 29.3 Å². The van der Waals surface area contributed by atoms with Gasteiger partial charge in [-0.2, -0.15) is 0 Å². The minimum atomic E-state index is -1.73. The molecule has 4 N–H and O–H groups in total. The molecule has 34 heavy (non-hydrogen) atoms. The molecule has 4 rings (SSSR count). The van der Waals surface area contributed by atoms with Crippen LogP contribution >= 0.6 is 0 Å². The molecular weight excluding hydrogens is 436 g/mol. The summed E-state index contributed by atoms with van der Waals surface area (Å²) in [6.07, 6.45) is 1.60. The van der Waals surface area contributed by atoms with E-state index >= 15 is 0 Å². The molecule has 0 aliphatic heterocycles. The van der Waals surface area contributed by atoms with Gasteiger partial charge in [-0.15, -0.1) is 0 Å². The average Bonchev–Trinajstić information content (AvgIpc) is 3.44. The third-order valence-electron chi connectivity index (χ3n) is 7.04. The van der Waals surface area contributed by atoms with Gasteiger partial charge in [0.05, 0.1) is 6.61 Å². The molecule has 3 atom stereocenters. The van der Waals surface area contributed by atoms with Crippen LogP contribution in [0.25, 0.3) is 11.1 Å². The molecule has 180 valence electrons. The molecule has 2 aromatic carbocycles. The van der Waals surface area contributed by atoms with E-state index in [1.54, 1.807) is 0 Å². The van der Waals surface area contributed by atoms with Crippen molar-refractivity contribution >= 4 is 18.0 Å². The Kier molecular flexibility index (Phi) is 6.88. The van der Waals surface area contributed by atoms with Crippen LogP contribution in [-0.2, 0) is 14.3 Å². The number of carboxylic acids is 1. The Morgan fingerprint density at radius 2 is 1.65 bits per heavy atom. The number of amides is 2. The monoisotopic (exact) mass is 466 g/mol. The van der Waals surface area contributed by atoms with Gasteiger partial charge in [0.1, 0.15) is 6.61 Å². The van der Waals surface area contributed by atoms with E-state index in [0.717, 1.165) is 35.1 Å². The second kappa shape index (κ2) is 9.85. The van der Waals surface area contributed by atoms with Crippen LogP contribution in [0.2, 0.25) is 0 Å². The second-order valence-corrected chi connectivity index (χ2v) is 9.29. The molecule has 0 bridgehead atoms. The van der Waals surface area contributed by atoms with Crippen LogP contribution in [0.4, 0.5) is 4.79 Å². The molecule has 8 heteroatoms. The van der Waals surface area contributed by atoms with E-state index in [4.69, 9.17) is 4.74 Å². The van der Waals surface area contributed by atoms with Crippen LogP contribution < -0.4 is 10.6 Å². The number of carbonyl (C=O) groups is 3. The summed E-state index contributed by atoms with van der Waals surface area (Å²) in [5, 5.41) is 23.9. The standard InChI is InChI=1S/C26H30N2O6/c1-26(15-29,24(31)32)28-23(30)17-12-6-7-16(17)13-27-25(33)34-14-22-20-10-4-2-8-18(20)19-9-3-5-11-21(19)22/h2-5,8-11,16-17,22,29H,6-7,12-15H2,1H3,(H,27,33)(H,28,30)(H,31,32)/t16-,17-,26?/m1/s1. The Morgan fingerprint density at radius 1 is 1.03 bits per heavy atom. The maximum Gasteiger partial charge on any atom is 0.407 e. The summed E-state index contributed by atoms with van der Waals surface area (Å²) >= 11 is 0. The third kappa shape index (κ3) is 4.63. The minimum absolute atomic E-state index is 0.0321. The fourth-order valence-electron chi connectivity index (χ4n) is 5.02. The highest BCUT2D eigenvalue weighted by molar-refractivity contribution is 5.88. The first kappa shape index (κ1) is 23.8. The Balaban J connectivity index is 1.32. The number of ether oxygens (including phenoxy) is 1. The van der Waals surface area contributed by atoms with Crippen LogP contribution in [0.15, 0.2) is 48.5 Å². The number of aliphatic hydroxyl groups is 1. The first-order valence-corrected chi connectivity index (χ1v) is 11.6. The summed E-state index contributed by atoms with van der Waals surface area (Å²) < 4.78 is 5.56. The molecule has 1 fully saturated rings. The largest absolute Gasteiger partial charge is 0.479 e. The Bertz CT molecular complexity index is 1040. The number of nitrogens with one attached hydrogen (secondary N) is 2. The van der Waals surface area contributed by atoms with Crippen LogP contribution in [0.1, 0.15) is 43.2 Å². The zero-order valence-corrected chi connectivity index (χ0v) is 19.1. The van der Waals surface area contributed by atoms with E-state index in [2.05, 4.69) is 34.9 Å². The molecule has 2 aromatic rings. The number of aliphatic hydroxyl groups excluding tert-OH is 1. The van der Waals surface area contributed by atoms with Gasteiger partial charge < -0.3 is 25.6 Å². The smallest absolute Gasteiger partial charge is 0.407 e. The molecule has 1 unspecified atom stereocenters. The maximum absolute atomic E-state index is 12.7. The van der Waals surface area contributed by atoms with Crippen molar-refractivity contribution in [3.63, 3.8) is 0 Å².